The smallest absolute Gasteiger partial charge is 0.356 e. The van der Waals surface area contributed by atoms with Crippen molar-refractivity contribution in [1.29, 1.82) is 0 Å². The molecular weight excluding hydrogens is 220 g/mol. The van der Waals surface area contributed by atoms with Gasteiger partial charge >= 0.3 is 5.97 Å². The Bertz CT molecular complexity index is 444. The molecule has 0 aliphatic rings. The van der Waals surface area contributed by atoms with Crippen LogP contribution in [0.15, 0.2) is 17.4 Å². The minimum absolute atomic E-state index is 0.607. The molecule has 13 heavy (non-hydrogen) atoms. The van der Waals surface area contributed by atoms with Gasteiger partial charge in [-0.2, -0.15) is 0 Å². The maximum Gasteiger partial charge on any atom is 0.356 e. The van der Waals surface area contributed by atoms with Crippen molar-refractivity contribution in [3.63, 3.8) is 0 Å². The largest absolute Gasteiger partial charge is 0.476 e. The van der Waals surface area contributed by atoms with E-state index in [2.05, 4.69) is 9.97 Å². The topological polar surface area (TPSA) is 97.2 Å². The fourth-order valence-electron chi connectivity index (χ4n) is 0.656. The average Bonchev–Trinajstić information content (AvgIpc) is 2.03. The third-order valence-electron chi connectivity index (χ3n) is 1.14. The Hall–Kier alpha value is -1.21. The first-order valence-corrected chi connectivity index (χ1v) is 5.22. The molecular formula is C5H3ClN2O4S. The molecule has 0 bridgehead atoms. The van der Waals surface area contributed by atoms with E-state index in [0.29, 0.717) is 0 Å². The van der Waals surface area contributed by atoms with Gasteiger partial charge in [0.25, 0.3) is 9.05 Å². The second-order valence-electron chi connectivity index (χ2n) is 1.98. The van der Waals surface area contributed by atoms with E-state index in [-0.39, 0.29) is 0 Å². The number of carboxylic acids is 1. The lowest BCUT2D eigenvalue weighted by Crippen LogP contribution is -2.07. The Morgan fingerprint density at radius 3 is 2.54 bits per heavy atom. The van der Waals surface area contributed by atoms with Crippen molar-refractivity contribution in [1.82, 2.24) is 9.97 Å². The van der Waals surface area contributed by atoms with E-state index >= 15 is 0 Å². The van der Waals surface area contributed by atoms with E-state index < -0.39 is 25.6 Å². The first-order chi connectivity index (χ1) is 5.93. The molecule has 0 unspecified atom stereocenters. The predicted octanol–water partition coefficient (Wildman–Crippen LogP) is 0.102. The van der Waals surface area contributed by atoms with Crippen LogP contribution in [0, 0.1) is 0 Å². The van der Waals surface area contributed by atoms with Crippen molar-refractivity contribution in [2.45, 2.75) is 4.90 Å². The molecule has 0 saturated carbocycles. The lowest BCUT2D eigenvalue weighted by atomic mass is 10.4. The van der Waals surface area contributed by atoms with E-state index in [4.69, 9.17) is 15.8 Å². The van der Waals surface area contributed by atoms with Crippen LogP contribution in [0.25, 0.3) is 0 Å². The molecule has 0 aliphatic heterocycles. The van der Waals surface area contributed by atoms with Gasteiger partial charge in [-0.05, 0) is 0 Å². The third kappa shape index (κ3) is 2.13. The summed E-state index contributed by atoms with van der Waals surface area (Å²) in [6, 6.07) is 0. The molecule has 0 amide bonds. The highest BCUT2D eigenvalue weighted by atomic mass is 35.7. The van der Waals surface area contributed by atoms with Gasteiger partial charge in [-0.25, -0.2) is 23.2 Å². The Morgan fingerprint density at radius 1 is 1.54 bits per heavy atom. The summed E-state index contributed by atoms with van der Waals surface area (Å²) in [7, 11) is 0.825. The second-order valence-corrected chi connectivity index (χ2v) is 4.51. The van der Waals surface area contributed by atoms with Crippen molar-refractivity contribution >= 4 is 25.7 Å². The average molecular weight is 223 g/mol. The fraction of sp³-hybridized carbons (Fsp3) is 0. The number of aromatic carboxylic acids is 1. The normalized spacial score (nSPS) is 11.2. The molecule has 1 heterocycles. The Labute approximate surface area is 77.6 Å². The number of hydrogen-bond acceptors (Lipinski definition) is 5. The van der Waals surface area contributed by atoms with Crippen LogP contribution in [0.1, 0.15) is 10.5 Å². The SMILES string of the molecule is O=C(O)c1ncncc1S(=O)(=O)Cl. The van der Waals surface area contributed by atoms with Gasteiger partial charge in [-0.3, -0.25) is 0 Å². The summed E-state index contributed by atoms with van der Waals surface area (Å²) in [5.41, 5.74) is -0.634. The van der Waals surface area contributed by atoms with E-state index in [1.54, 1.807) is 0 Å². The van der Waals surface area contributed by atoms with Crippen molar-refractivity contribution in [2.75, 3.05) is 0 Å². The number of nitrogens with zero attached hydrogens (tertiary/aromatic N) is 2. The van der Waals surface area contributed by atoms with Crippen molar-refractivity contribution in [3.05, 3.63) is 18.2 Å². The maximum absolute atomic E-state index is 10.8. The van der Waals surface area contributed by atoms with Crippen molar-refractivity contribution in [3.8, 4) is 0 Å². The van der Waals surface area contributed by atoms with Gasteiger partial charge in [0.15, 0.2) is 5.69 Å². The molecule has 1 aromatic rings. The first-order valence-electron chi connectivity index (χ1n) is 2.91. The van der Waals surface area contributed by atoms with Crippen LogP contribution >= 0.6 is 10.7 Å². The molecule has 1 N–H and O–H groups in total. The van der Waals surface area contributed by atoms with E-state index in [1.165, 1.54) is 0 Å². The van der Waals surface area contributed by atoms with Gasteiger partial charge in [0.05, 0.1) is 6.20 Å². The monoisotopic (exact) mass is 222 g/mol. The molecule has 1 aromatic heterocycles. The molecule has 6 nitrogen and oxygen atoms in total. The zero-order chi connectivity index (χ0) is 10.1. The molecule has 8 heteroatoms. The highest BCUT2D eigenvalue weighted by Crippen LogP contribution is 2.16. The summed E-state index contributed by atoms with van der Waals surface area (Å²) in [5, 5.41) is 8.52. The summed E-state index contributed by atoms with van der Waals surface area (Å²) in [6.07, 6.45) is 1.76. The number of aromatic nitrogens is 2. The van der Waals surface area contributed by atoms with Crippen molar-refractivity contribution < 1.29 is 18.3 Å². The van der Waals surface area contributed by atoms with Crippen LogP contribution in [-0.2, 0) is 9.05 Å². The Balaban J connectivity index is 3.46. The van der Waals surface area contributed by atoms with E-state index in [0.717, 1.165) is 12.5 Å². The molecule has 0 fully saturated rings. The standard InChI is InChI=1S/C5H3ClN2O4S/c6-13(11,12)3-1-7-2-8-4(3)5(9)10/h1-2H,(H,9,10). The summed E-state index contributed by atoms with van der Waals surface area (Å²) in [5.74, 6) is -1.47. The molecule has 1 rings (SSSR count). The highest BCUT2D eigenvalue weighted by molar-refractivity contribution is 8.13. The first kappa shape index (κ1) is 9.87. The van der Waals surface area contributed by atoms with Crippen LogP contribution in [0.2, 0.25) is 0 Å². The Morgan fingerprint density at radius 2 is 2.15 bits per heavy atom. The number of carbonyl (C=O) groups is 1. The van der Waals surface area contributed by atoms with Crippen LogP contribution in [0.5, 0.6) is 0 Å². The van der Waals surface area contributed by atoms with Crippen LogP contribution in [0.3, 0.4) is 0 Å². The lowest BCUT2D eigenvalue weighted by molar-refractivity contribution is 0.0685. The molecule has 0 aromatic carbocycles. The maximum atomic E-state index is 10.8. The van der Waals surface area contributed by atoms with Gasteiger partial charge in [-0.1, -0.05) is 0 Å². The minimum Gasteiger partial charge on any atom is -0.476 e. The zero-order valence-electron chi connectivity index (χ0n) is 6.01. The van der Waals surface area contributed by atoms with Crippen LogP contribution in [-0.4, -0.2) is 29.5 Å². The molecule has 0 spiro atoms. The van der Waals surface area contributed by atoms with Crippen LogP contribution in [0.4, 0.5) is 0 Å². The zero-order valence-corrected chi connectivity index (χ0v) is 7.58. The third-order valence-corrected chi connectivity index (χ3v) is 2.47. The molecule has 0 aliphatic carbocycles. The summed E-state index contributed by atoms with van der Waals surface area (Å²) >= 11 is 0. The van der Waals surface area contributed by atoms with Gasteiger partial charge in [0.1, 0.15) is 11.2 Å². The lowest BCUT2D eigenvalue weighted by Gasteiger charge is -1.98. The summed E-state index contributed by atoms with van der Waals surface area (Å²) < 4.78 is 21.6. The number of hydrogen-bond donors (Lipinski definition) is 1. The van der Waals surface area contributed by atoms with Crippen LogP contribution < -0.4 is 0 Å². The molecule has 0 radical (unpaired) electrons. The quantitative estimate of drug-likeness (QED) is 0.713. The number of halogens is 1. The fourth-order valence-corrected chi connectivity index (χ4v) is 1.55. The second kappa shape index (κ2) is 3.27. The number of rotatable bonds is 2. The summed E-state index contributed by atoms with van der Waals surface area (Å²) in [4.78, 5) is 16.5. The van der Waals surface area contributed by atoms with E-state index in [1.807, 2.05) is 0 Å². The summed E-state index contributed by atoms with van der Waals surface area (Å²) in [6.45, 7) is 0. The molecule has 70 valence electrons. The van der Waals surface area contributed by atoms with E-state index in [9.17, 15) is 13.2 Å². The highest BCUT2D eigenvalue weighted by Gasteiger charge is 2.21. The van der Waals surface area contributed by atoms with Gasteiger partial charge in [-0.15, -0.1) is 0 Å². The van der Waals surface area contributed by atoms with Gasteiger partial charge in [0.2, 0.25) is 0 Å². The minimum atomic E-state index is -4.11. The van der Waals surface area contributed by atoms with Gasteiger partial charge < -0.3 is 5.11 Å². The predicted molar refractivity (Wildman–Crippen MR) is 42.0 cm³/mol. The van der Waals surface area contributed by atoms with Crippen molar-refractivity contribution in [2.24, 2.45) is 0 Å². The van der Waals surface area contributed by atoms with Gasteiger partial charge in [0, 0.05) is 10.7 Å². The molecule has 0 saturated heterocycles. The Kier molecular flexibility index (Phi) is 2.48. The molecule has 0 atom stereocenters. The number of carboxylic acid groups (broad SMARTS) is 1.